The van der Waals surface area contributed by atoms with E-state index in [1.54, 1.807) is 23.1 Å². The molecular weight excluding hydrogens is 328 g/mol. The SMILES string of the molecule is CCOC(=O)c1nn(C2CCCCC2)c2c1CSc1ccsc1-2. The number of thiophene rings is 1. The lowest BCUT2D eigenvalue weighted by Crippen LogP contribution is -2.16. The summed E-state index contributed by atoms with van der Waals surface area (Å²) in [5.74, 6) is 0.527. The van der Waals surface area contributed by atoms with Gasteiger partial charge in [-0.1, -0.05) is 19.3 Å². The molecule has 6 heteroatoms. The molecule has 1 fully saturated rings. The molecule has 1 saturated carbocycles. The summed E-state index contributed by atoms with van der Waals surface area (Å²) in [6.45, 7) is 2.23. The van der Waals surface area contributed by atoms with E-state index in [-0.39, 0.29) is 5.97 Å². The minimum Gasteiger partial charge on any atom is -0.461 e. The number of nitrogens with zero attached hydrogens (tertiary/aromatic N) is 2. The van der Waals surface area contributed by atoms with Crippen molar-refractivity contribution in [3.63, 3.8) is 0 Å². The molecule has 4 rings (SSSR count). The Morgan fingerprint density at radius 3 is 3.00 bits per heavy atom. The summed E-state index contributed by atoms with van der Waals surface area (Å²) in [6.07, 6.45) is 6.12. The molecule has 0 radical (unpaired) electrons. The molecule has 0 amide bonds. The molecule has 0 spiro atoms. The van der Waals surface area contributed by atoms with E-state index in [4.69, 9.17) is 9.84 Å². The zero-order chi connectivity index (χ0) is 15.8. The molecule has 0 saturated heterocycles. The van der Waals surface area contributed by atoms with Crippen LogP contribution in [0.15, 0.2) is 16.3 Å². The average Bonchev–Trinajstić information content (AvgIpc) is 3.19. The van der Waals surface area contributed by atoms with Gasteiger partial charge in [-0.05, 0) is 31.2 Å². The molecule has 2 aliphatic rings. The standard InChI is InChI=1S/C17H20N2O2S2/c1-2-21-17(20)14-12-10-23-13-8-9-22-16(13)15(12)19(18-14)11-6-4-3-5-7-11/h8-9,11H,2-7,10H2,1H3. The third-order valence-corrected chi connectivity index (χ3v) is 6.75. The molecule has 0 bridgehead atoms. The molecule has 0 atom stereocenters. The Morgan fingerprint density at radius 1 is 1.39 bits per heavy atom. The first-order chi connectivity index (χ1) is 11.3. The van der Waals surface area contributed by atoms with Crippen molar-refractivity contribution in [2.45, 2.75) is 55.7 Å². The quantitative estimate of drug-likeness (QED) is 0.740. The van der Waals surface area contributed by atoms with Crippen molar-refractivity contribution >= 4 is 29.1 Å². The van der Waals surface area contributed by atoms with Gasteiger partial charge in [0, 0.05) is 16.2 Å². The summed E-state index contributed by atoms with van der Waals surface area (Å²) >= 11 is 3.55. The van der Waals surface area contributed by atoms with E-state index >= 15 is 0 Å². The van der Waals surface area contributed by atoms with Gasteiger partial charge in [0.1, 0.15) is 0 Å². The molecule has 3 heterocycles. The number of esters is 1. The van der Waals surface area contributed by atoms with Crippen LogP contribution in [-0.4, -0.2) is 22.4 Å². The van der Waals surface area contributed by atoms with E-state index in [1.807, 2.05) is 6.92 Å². The van der Waals surface area contributed by atoms with Crippen molar-refractivity contribution in [2.75, 3.05) is 6.61 Å². The third-order valence-electron chi connectivity index (χ3n) is 4.61. The Labute approximate surface area is 144 Å². The third kappa shape index (κ3) is 2.62. The van der Waals surface area contributed by atoms with Gasteiger partial charge in [0.25, 0.3) is 0 Å². The lowest BCUT2D eigenvalue weighted by atomic mass is 9.95. The van der Waals surface area contributed by atoms with Gasteiger partial charge < -0.3 is 4.74 Å². The fraction of sp³-hybridized carbons (Fsp3) is 0.529. The monoisotopic (exact) mass is 348 g/mol. The highest BCUT2D eigenvalue weighted by atomic mass is 32.2. The first-order valence-corrected chi connectivity index (χ1v) is 10.1. The van der Waals surface area contributed by atoms with E-state index in [0.29, 0.717) is 18.3 Å². The van der Waals surface area contributed by atoms with Gasteiger partial charge in [-0.25, -0.2) is 4.79 Å². The Balaban J connectivity index is 1.84. The van der Waals surface area contributed by atoms with E-state index in [2.05, 4.69) is 16.1 Å². The van der Waals surface area contributed by atoms with E-state index < -0.39 is 0 Å². The fourth-order valence-corrected chi connectivity index (χ4v) is 5.76. The summed E-state index contributed by atoms with van der Waals surface area (Å²) in [4.78, 5) is 14.9. The van der Waals surface area contributed by atoms with Crippen LogP contribution in [0.1, 0.15) is 61.1 Å². The van der Waals surface area contributed by atoms with Crippen molar-refractivity contribution < 1.29 is 9.53 Å². The number of hydrogen-bond donors (Lipinski definition) is 0. The molecule has 2 aromatic rings. The summed E-state index contributed by atoms with van der Waals surface area (Å²) in [5.41, 5.74) is 2.76. The van der Waals surface area contributed by atoms with Crippen LogP contribution in [0.2, 0.25) is 0 Å². The number of thioether (sulfide) groups is 1. The van der Waals surface area contributed by atoms with Crippen molar-refractivity contribution in [2.24, 2.45) is 0 Å². The average molecular weight is 348 g/mol. The van der Waals surface area contributed by atoms with Crippen LogP contribution < -0.4 is 0 Å². The number of hydrogen-bond acceptors (Lipinski definition) is 5. The van der Waals surface area contributed by atoms with Crippen LogP contribution >= 0.6 is 23.1 Å². The lowest BCUT2D eigenvalue weighted by Gasteiger charge is -2.25. The second-order valence-corrected chi connectivity index (χ2v) is 7.97. The van der Waals surface area contributed by atoms with E-state index in [0.717, 1.165) is 24.2 Å². The van der Waals surface area contributed by atoms with Crippen LogP contribution in [0.25, 0.3) is 10.6 Å². The lowest BCUT2D eigenvalue weighted by molar-refractivity contribution is 0.0517. The second kappa shape index (κ2) is 6.32. The molecule has 1 aliphatic heterocycles. The summed E-state index contributed by atoms with van der Waals surface area (Å²) in [6, 6.07) is 2.59. The van der Waals surface area contributed by atoms with Gasteiger partial charge in [-0.3, -0.25) is 4.68 Å². The van der Waals surface area contributed by atoms with E-state index in [9.17, 15) is 4.79 Å². The smallest absolute Gasteiger partial charge is 0.359 e. The predicted octanol–water partition coefficient (Wildman–Crippen LogP) is 4.90. The Bertz CT molecular complexity index is 729. The molecule has 0 N–H and O–H groups in total. The molecule has 0 aromatic carbocycles. The number of fused-ring (bicyclic) bond motifs is 3. The minimum atomic E-state index is -0.279. The zero-order valence-corrected chi connectivity index (χ0v) is 14.8. The normalized spacial score (nSPS) is 17.6. The number of carbonyl (C=O) groups excluding carboxylic acids is 1. The van der Waals surface area contributed by atoms with Crippen molar-refractivity contribution in [1.82, 2.24) is 9.78 Å². The molecule has 1 aliphatic carbocycles. The van der Waals surface area contributed by atoms with Crippen LogP contribution in [0.3, 0.4) is 0 Å². The first kappa shape index (κ1) is 15.3. The van der Waals surface area contributed by atoms with Crippen LogP contribution in [-0.2, 0) is 10.5 Å². The van der Waals surface area contributed by atoms with Gasteiger partial charge in [-0.15, -0.1) is 23.1 Å². The number of rotatable bonds is 3. The summed E-state index contributed by atoms with van der Waals surface area (Å²) in [7, 11) is 0. The maximum absolute atomic E-state index is 12.4. The topological polar surface area (TPSA) is 44.1 Å². The van der Waals surface area contributed by atoms with Gasteiger partial charge in [0.15, 0.2) is 5.69 Å². The highest BCUT2D eigenvalue weighted by Gasteiger charge is 2.32. The van der Waals surface area contributed by atoms with E-state index in [1.165, 1.54) is 34.7 Å². The molecule has 4 nitrogen and oxygen atoms in total. The summed E-state index contributed by atoms with van der Waals surface area (Å²) in [5, 5.41) is 6.88. The number of aromatic nitrogens is 2. The predicted molar refractivity (Wildman–Crippen MR) is 93.2 cm³/mol. The van der Waals surface area contributed by atoms with Crippen LogP contribution in [0, 0.1) is 0 Å². The second-order valence-electron chi connectivity index (χ2n) is 6.04. The van der Waals surface area contributed by atoms with Crippen LogP contribution in [0.5, 0.6) is 0 Å². The highest BCUT2D eigenvalue weighted by Crippen LogP contribution is 2.47. The van der Waals surface area contributed by atoms with Crippen LogP contribution in [0.4, 0.5) is 0 Å². The summed E-state index contributed by atoms with van der Waals surface area (Å²) < 4.78 is 7.39. The Hall–Kier alpha value is -1.27. The van der Waals surface area contributed by atoms with Gasteiger partial charge >= 0.3 is 5.97 Å². The van der Waals surface area contributed by atoms with Crippen molar-refractivity contribution in [3.8, 4) is 10.6 Å². The largest absolute Gasteiger partial charge is 0.461 e. The fourth-order valence-electron chi connectivity index (χ4n) is 3.53. The van der Waals surface area contributed by atoms with Gasteiger partial charge in [0.2, 0.25) is 0 Å². The highest BCUT2D eigenvalue weighted by molar-refractivity contribution is 7.99. The molecule has 2 aromatic heterocycles. The van der Waals surface area contributed by atoms with Crippen molar-refractivity contribution in [3.05, 3.63) is 22.7 Å². The van der Waals surface area contributed by atoms with Crippen molar-refractivity contribution in [1.29, 1.82) is 0 Å². The minimum absolute atomic E-state index is 0.279. The molecule has 0 unspecified atom stereocenters. The van der Waals surface area contributed by atoms with Gasteiger partial charge in [-0.2, -0.15) is 5.10 Å². The Kier molecular flexibility index (Phi) is 4.20. The molecule has 122 valence electrons. The molecule has 23 heavy (non-hydrogen) atoms. The maximum Gasteiger partial charge on any atom is 0.359 e. The first-order valence-electron chi connectivity index (χ1n) is 8.28. The van der Waals surface area contributed by atoms with Gasteiger partial charge in [0.05, 0.1) is 23.2 Å². The number of ether oxygens (including phenoxy) is 1. The zero-order valence-electron chi connectivity index (χ0n) is 13.2. The maximum atomic E-state index is 12.4. The number of carbonyl (C=O) groups is 1. The Morgan fingerprint density at radius 2 is 2.22 bits per heavy atom. The molecular formula is C17H20N2O2S2.